The third-order valence-electron chi connectivity index (χ3n) is 1.84. The Kier molecular flexibility index (Phi) is 4.28. The van der Waals surface area contributed by atoms with Gasteiger partial charge in [0.1, 0.15) is 0 Å². The fourth-order valence-electron chi connectivity index (χ4n) is 1.17. The topological polar surface area (TPSA) is 39.2 Å². The molecule has 0 unspecified atom stereocenters. The molecular formula is C9H4ClF6NO2. The zero-order valence-corrected chi connectivity index (χ0v) is 9.53. The second kappa shape index (κ2) is 5.24. The highest BCUT2D eigenvalue weighted by Gasteiger charge is 2.38. The average molecular weight is 308 g/mol. The number of pyridine rings is 1. The molecule has 10 heteroatoms. The van der Waals surface area contributed by atoms with E-state index in [9.17, 15) is 31.1 Å². The van der Waals surface area contributed by atoms with Crippen LogP contribution in [-0.4, -0.2) is 17.6 Å². The van der Waals surface area contributed by atoms with Crippen molar-refractivity contribution in [2.45, 2.75) is 18.4 Å². The Morgan fingerprint density at radius 1 is 1.26 bits per heavy atom. The van der Waals surface area contributed by atoms with E-state index in [1.54, 1.807) is 0 Å². The van der Waals surface area contributed by atoms with Crippen molar-refractivity contribution in [2.24, 2.45) is 0 Å². The number of halogens is 7. The summed E-state index contributed by atoms with van der Waals surface area (Å²) in [7, 11) is 0. The minimum absolute atomic E-state index is 0.267. The molecule has 0 aliphatic carbocycles. The lowest BCUT2D eigenvalue weighted by Gasteiger charge is -2.15. The molecule has 0 aliphatic rings. The van der Waals surface area contributed by atoms with Crippen molar-refractivity contribution < 1.29 is 35.9 Å². The Labute approximate surface area is 107 Å². The molecule has 3 nitrogen and oxygen atoms in total. The molecule has 0 N–H and O–H groups in total. The molecule has 1 rings (SSSR count). The molecule has 19 heavy (non-hydrogen) atoms. The number of alkyl halides is 7. The molecule has 0 saturated carbocycles. The Morgan fingerprint density at radius 2 is 1.84 bits per heavy atom. The minimum atomic E-state index is -5.14. The maximum Gasteiger partial charge on any atom is 0.573 e. The summed E-state index contributed by atoms with van der Waals surface area (Å²) in [4.78, 5) is 13.4. The van der Waals surface area contributed by atoms with E-state index < -0.39 is 41.1 Å². The summed E-state index contributed by atoms with van der Waals surface area (Å²) in [6.07, 6.45) is -10.4. The van der Waals surface area contributed by atoms with Gasteiger partial charge in [0.2, 0.25) is 0 Å². The van der Waals surface area contributed by atoms with Gasteiger partial charge in [-0.15, -0.1) is 24.8 Å². The number of ether oxygens (including phenoxy) is 1. The molecule has 0 radical (unpaired) electrons. The van der Waals surface area contributed by atoms with Crippen molar-refractivity contribution >= 4 is 17.9 Å². The van der Waals surface area contributed by atoms with Gasteiger partial charge >= 0.3 is 12.5 Å². The van der Waals surface area contributed by atoms with E-state index in [1.165, 1.54) is 0 Å². The van der Waals surface area contributed by atoms with Crippen LogP contribution in [0.3, 0.4) is 0 Å². The van der Waals surface area contributed by atoms with Crippen LogP contribution in [0.2, 0.25) is 0 Å². The van der Waals surface area contributed by atoms with Gasteiger partial charge in [0, 0.05) is 5.56 Å². The second-order valence-corrected chi connectivity index (χ2v) is 3.44. The Morgan fingerprint density at radius 3 is 2.21 bits per heavy atom. The van der Waals surface area contributed by atoms with Crippen LogP contribution in [0.15, 0.2) is 6.07 Å². The van der Waals surface area contributed by atoms with E-state index in [-0.39, 0.29) is 6.29 Å². The van der Waals surface area contributed by atoms with Gasteiger partial charge in [0.25, 0.3) is 0 Å². The largest absolute Gasteiger partial charge is 0.573 e. The van der Waals surface area contributed by atoms with Gasteiger partial charge in [-0.25, -0.2) is 4.98 Å². The van der Waals surface area contributed by atoms with Gasteiger partial charge in [-0.1, -0.05) is 0 Å². The zero-order chi connectivity index (χ0) is 14.8. The monoisotopic (exact) mass is 307 g/mol. The number of carbonyl (C=O) groups is 1. The van der Waals surface area contributed by atoms with Crippen LogP contribution in [0, 0.1) is 0 Å². The number of rotatable bonds is 3. The summed E-state index contributed by atoms with van der Waals surface area (Å²) in [5, 5.41) is 0. The van der Waals surface area contributed by atoms with Crippen LogP contribution in [0.1, 0.15) is 21.7 Å². The van der Waals surface area contributed by atoms with E-state index in [4.69, 9.17) is 11.6 Å². The third kappa shape index (κ3) is 3.98. The first-order chi connectivity index (χ1) is 8.58. The van der Waals surface area contributed by atoms with E-state index >= 15 is 0 Å². The highest BCUT2D eigenvalue weighted by molar-refractivity contribution is 6.17. The lowest BCUT2D eigenvalue weighted by Crippen LogP contribution is -2.20. The van der Waals surface area contributed by atoms with Gasteiger partial charge in [-0.2, -0.15) is 13.2 Å². The maximum atomic E-state index is 12.5. The van der Waals surface area contributed by atoms with E-state index in [0.29, 0.717) is 6.07 Å². The van der Waals surface area contributed by atoms with Crippen LogP contribution < -0.4 is 4.74 Å². The number of aldehydes is 1. The summed E-state index contributed by atoms with van der Waals surface area (Å²) in [6, 6.07) is 0.300. The summed E-state index contributed by atoms with van der Waals surface area (Å²) in [5.41, 5.74) is -3.45. The second-order valence-electron chi connectivity index (χ2n) is 3.17. The highest BCUT2D eigenvalue weighted by atomic mass is 35.5. The van der Waals surface area contributed by atoms with Gasteiger partial charge in [-0.05, 0) is 6.07 Å². The SMILES string of the molecule is O=Cc1cc(OC(F)(F)F)c(CCl)nc1C(F)(F)F. The predicted octanol–water partition coefficient (Wildman–Crippen LogP) is 3.55. The third-order valence-corrected chi connectivity index (χ3v) is 2.09. The Bertz CT molecular complexity index is 485. The number of hydrogen-bond acceptors (Lipinski definition) is 3. The average Bonchev–Trinajstić information content (AvgIpc) is 2.24. The molecule has 0 saturated heterocycles. The molecule has 0 atom stereocenters. The van der Waals surface area contributed by atoms with Crippen LogP contribution in [0.5, 0.6) is 5.75 Å². The molecule has 1 aromatic heterocycles. The van der Waals surface area contributed by atoms with Crippen molar-refractivity contribution in [1.82, 2.24) is 4.98 Å². The molecule has 0 bridgehead atoms. The molecule has 0 aliphatic heterocycles. The minimum Gasteiger partial charge on any atom is -0.404 e. The molecule has 0 aromatic carbocycles. The van der Waals surface area contributed by atoms with E-state index in [0.717, 1.165) is 0 Å². The fraction of sp³-hybridized carbons (Fsp3) is 0.333. The van der Waals surface area contributed by atoms with E-state index in [2.05, 4.69) is 9.72 Å². The Balaban J connectivity index is 3.40. The molecule has 1 aromatic rings. The predicted molar refractivity (Wildman–Crippen MR) is 50.9 cm³/mol. The van der Waals surface area contributed by atoms with Crippen LogP contribution in [-0.2, 0) is 12.1 Å². The summed E-state index contributed by atoms with van der Waals surface area (Å²) < 4.78 is 77.0. The van der Waals surface area contributed by atoms with Crippen LogP contribution in [0.4, 0.5) is 26.3 Å². The fourth-order valence-corrected chi connectivity index (χ4v) is 1.36. The lowest BCUT2D eigenvalue weighted by molar-refractivity contribution is -0.275. The quantitative estimate of drug-likeness (QED) is 0.487. The van der Waals surface area contributed by atoms with Crippen molar-refractivity contribution in [3.8, 4) is 5.75 Å². The number of hydrogen-bond donors (Lipinski definition) is 0. The van der Waals surface area contributed by atoms with Gasteiger partial charge in [-0.3, -0.25) is 4.79 Å². The molecular weight excluding hydrogens is 304 g/mol. The molecule has 106 valence electrons. The van der Waals surface area contributed by atoms with Crippen molar-refractivity contribution in [3.05, 3.63) is 23.0 Å². The number of carbonyl (C=O) groups excluding carboxylic acids is 1. The molecule has 0 spiro atoms. The maximum absolute atomic E-state index is 12.5. The summed E-state index contributed by atoms with van der Waals surface area (Å²) in [6.45, 7) is 0. The molecule has 0 amide bonds. The first kappa shape index (κ1) is 15.5. The summed E-state index contributed by atoms with van der Waals surface area (Å²) >= 11 is 5.21. The highest BCUT2D eigenvalue weighted by Crippen LogP contribution is 2.34. The van der Waals surface area contributed by atoms with Gasteiger partial charge < -0.3 is 4.74 Å². The van der Waals surface area contributed by atoms with Crippen molar-refractivity contribution in [1.29, 1.82) is 0 Å². The van der Waals surface area contributed by atoms with Gasteiger partial charge in [0.05, 0.1) is 11.6 Å². The standard InChI is InChI=1S/C9H4ClF6NO2/c10-2-5-6(19-9(14,15)16)1-4(3-18)7(17-5)8(11,12)13/h1,3H,2H2. The van der Waals surface area contributed by atoms with Crippen LogP contribution in [0.25, 0.3) is 0 Å². The first-order valence-electron chi connectivity index (χ1n) is 4.46. The smallest absolute Gasteiger partial charge is 0.404 e. The van der Waals surface area contributed by atoms with Crippen molar-refractivity contribution in [2.75, 3.05) is 0 Å². The van der Waals surface area contributed by atoms with E-state index in [1.807, 2.05) is 0 Å². The number of nitrogens with zero attached hydrogens (tertiary/aromatic N) is 1. The van der Waals surface area contributed by atoms with Crippen molar-refractivity contribution in [3.63, 3.8) is 0 Å². The lowest BCUT2D eigenvalue weighted by atomic mass is 10.1. The van der Waals surface area contributed by atoms with Gasteiger partial charge in [0.15, 0.2) is 17.7 Å². The number of aromatic nitrogens is 1. The Hall–Kier alpha value is -1.51. The zero-order valence-electron chi connectivity index (χ0n) is 8.77. The first-order valence-corrected chi connectivity index (χ1v) is 5.00. The van der Waals surface area contributed by atoms with Crippen LogP contribution >= 0.6 is 11.6 Å². The molecule has 1 heterocycles. The molecule has 0 fully saturated rings. The normalized spacial score (nSPS) is 12.4. The summed E-state index contributed by atoms with van der Waals surface area (Å²) in [5.74, 6) is -1.79.